The smallest absolute Gasteiger partial charge is 0.141 e. The van der Waals surface area contributed by atoms with Crippen LogP contribution >= 0.6 is 11.3 Å². The quantitative estimate of drug-likeness (QED) is 0.627. The van der Waals surface area contributed by atoms with Crippen LogP contribution in [-0.2, 0) is 0 Å². The lowest BCUT2D eigenvalue weighted by Gasteiger charge is -1.90. The molecule has 0 bridgehead atoms. The van der Waals surface area contributed by atoms with Crippen molar-refractivity contribution in [1.82, 2.24) is 0 Å². The second-order valence-electron chi connectivity index (χ2n) is 2.78. The van der Waals surface area contributed by atoms with Crippen LogP contribution in [0.5, 0.6) is 0 Å². The summed E-state index contributed by atoms with van der Waals surface area (Å²) in [5.74, 6) is -0.243. The van der Waals surface area contributed by atoms with Gasteiger partial charge in [-0.15, -0.1) is 11.3 Å². The highest BCUT2D eigenvalue weighted by Gasteiger charge is 2.10. The van der Waals surface area contributed by atoms with Crippen molar-refractivity contribution in [3.05, 3.63) is 34.5 Å². The van der Waals surface area contributed by atoms with E-state index in [0.717, 1.165) is 10.9 Å². The van der Waals surface area contributed by atoms with Crippen molar-refractivity contribution < 1.29 is 4.39 Å². The number of hydrogen-bond acceptors (Lipinski definition) is 2. The van der Waals surface area contributed by atoms with Crippen molar-refractivity contribution >= 4 is 21.4 Å². The molecule has 64 valence electrons. The van der Waals surface area contributed by atoms with Gasteiger partial charge in [-0.3, -0.25) is 0 Å². The molecular weight excluding hydrogens is 185 g/mol. The fourth-order valence-corrected chi connectivity index (χ4v) is 2.32. The average Bonchev–Trinajstić information content (AvgIpc) is 2.45. The largest absolute Gasteiger partial charge is 0.205 e. The molecule has 0 atom stereocenters. The third-order valence-corrected chi connectivity index (χ3v) is 3.24. The zero-order chi connectivity index (χ0) is 9.42. The van der Waals surface area contributed by atoms with Crippen LogP contribution in [0.4, 0.5) is 4.39 Å². The lowest BCUT2D eigenvalue weighted by atomic mass is 10.1. The van der Waals surface area contributed by atoms with Gasteiger partial charge in [0, 0.05) is 0 Å². The Labute approximate surface area is 79.0 Å². The van der Waals surface area contributed by atoms with Crippen LogP contribution in [-0.4, -0.2) is 0 Å². The topological polar surface area (TPSA) is 23.8 Å². The molecule has 0 aliphatic heterocycles. The fraction of sp³-hybridized carbons (Fsp3) is 0.100. The first-order valence-corrected chi connectivity index (χ1v) is 4.63. The third-order valence-electron chi connectivity index (χ3n) is 2.02. The number of fused-ring (bicyclic) bond motifs is 1. The van der Waals surface area contributed by atoms with E-state index in [0.29, 0.717) is 9.58 Å². The lowest BCUT2D eigenvalue weighted by Crippen LogP contribution is -1.73. The van der Waals surface area contributed by atoms with Crippen LogP contribution in [0.2, 0.25) is 0 Å². The molecule has 0 fully saturated rings. The normalized spacial score (nSPS) is 10.2. The van der Waals surface area contributed by atoms with E-state index in [1.807, 2.05) is 13.0 Å². The van der Waals surface area contributed by atoms with Crippen LogP contribution in [0.3, 0.4) is 0 Å². The van der Waals surface area contributed by atoms with Crippen molar-refractivity contribution in [2.45, 2.75) is 6.92 Å². The van der Waals surface area contributed by atoms with E-state index in [1.165, 1.54) is 17.4 Å². The van der Waals surface area contributed by atoms with Gasteiger partial charge in [0.15, 0.2) is 0 Å². The molecular formula is C10H6FNS. The summed E-state index contributed by atoms with van der Waals surface area (Å²) >= 11 is 1.21. The van der Waals surface area contributed by atoms with Crippen LogP contribution in [0.1, 0.15) is 10.4 Å². The molecule has 0 aliphatic rings. The van der Waals surface area contributed by atoms with Gasteiger partial charge in [-0.2, -0.15) is 5.26 Å². The Morgan fingerprint density at radius 1 is 1.46 bits per heavy atom. The third kappa shape index (κ3) is 1.11. The summed E-state index contributed by atoms with van der Waals surface area (Å²) in [6.45, 7) is 1.84. The maximum atomic E-state index is 13.2. The highest BCUT2D eigenvalue weighted by Crippen LogP contribution is 2.31. The molecule has 0 unspecified atom stereocenters. The minimum absolute atomic E-state index is 0.243. The molecule has 0 N–H and O–H groups in total. The molecule has 2 aromatic rings. The van der Waals surface area contributed by atoms with Crippen LogP contribution in [0.25, 0.3) is 10.1 Å². The summed E-state index contributed by atoms with van der Waals surface area (Å²) in [5, 5.41) is 9.60. The SMILES string of the molecule is Cc1c(C#N)sc2c(F)cccc12. The molecule has 0 radical (unpaired) electrons. The Morgan fingerprint density at radius 2 is 2.23 bits per heavy atom. The van der Waals surface area contributed by atoms with E-state index in [-0.39, 0.29) is 5.82 Å². The predicted molar refractivity (Wildman–Crippen MR) is 51.2 cm³/mol. The monoisotopic (exact) mass is 191 g/mol. The highest BCUT2D eigenvalue weighted by molar-refractivity contribution is 7.19. The standard InChI is InChI=1S/C10H6FNS/c1-6-7-3-2-4-8(11)10(7)13-9(6)5-12/h2-4H,1H3. The number of nitriles is 1. The molecule has 0 amide bonds. The summed E-state index contributed by atoms with van der Waals surface area (Å²) in [4.78, 5) is 0.597. The second kappa shape index (κ2) is 2.82. The number of halogens is 1. The van der Waals surface area contributed by atoms with Gasteiger partial charge in [0.05, 0.1) is 4.70 Å². The van der Waals surface area contributed by atoms with Crippen LogP contribution in [0.15, 0.2) is 18.2 Å². The summed E-state index contributed by atoms with van der Waals surface area (Å²) in [6.07, 6.45) is 0. The van der Waals surface area contributed by atoms with Crippen molar-refractivity contribution in [2.24, 2.45) is 0 Å². The van der Waals surface area contributed by atoms with Crippen molar-refractivity contribution in [2.75, 3.05) is 0 Å². The van der Waals surface area contributed by atoms with E-state index >= 15 is 0 Å². The van der Waals surface area contributed by atoms with E-state index in [2.05, 4.69) is 6.07 Å². The average molecular weight is 191 g/mol. The Kier molecular flexibility index (Phi) is 1.78. The van der Waals surface area contributed by atoms with Gasteiger partial charge in [0.1, 0.15) is 16.8 Å². The number of hydrogen-bond donors (Lipinski definition) is 0. The number of nitrogens with zero attached hydrogens (tertiary/aromatic N) is 1. The minimum atomic E-state index is -0.243. The van der Waals surface area contributed by atoms with Crippen LogP contribution < -0.4 is 0 Å². The first kappa shape index (κ1) is 8.21. The zero-order valence-electron chi connectivity index (χ0n) is 6.97. The van der Waals surface area contributed by atoms with Gasteiger partial charge in [-0.05, 0) is 23.9 Å². The summed E-state index contributed by atoms with van der Waals surface area (Å²) in [7, 11) is 0. The Hall–Kier alpha value is -1.40. The van der Waals surface area contributed by atoms with Gasteiger partial charge in [-0.25, -0.2) is 4.39 Å². The fourth-order valence-electron chi connectivity index (χ4n) is 1.32. The van der Waals surface area contributed by atoms with E-state index in [9.17, 15) is 4.39 Å². The first-order chi connectivity index (χ1) is 6.24. The molecule has 0 aliphatic carbocycles. The van der Waals surface area contributed by atoms with Gasteiger partial charge in [-0.1, -0.05) is 12.1 Å². The molecule has 1 heterocycles. The molecule has 0 saturated heterocycles. The lowest BCUT2D eigenvalue weighted by molar-refractivity contribution is 0.641. The van der Waals surface area contributed by atoms with Crippen molar-refractivity contribution in [3.8, 4) is 6.07 Å². The van der Waals surface area contributed by atoms with E-state index < -0.39 is 0 Å². The summed E-state index contributed by atoms with van der Waals surface area (Å²) < 4.78 is 13.8. The summed E-state index contributed by atoms with van der Waals surface area (Å²) in [5.41, 5.74) is 0.877. The number of thiophene rings is 1. The Morgan fingerprint density at radius 3 is 2.85 bits per heavy atom. The molecule has 1 aromatic heterocycles. The number of benzene rings is 1. The minimum Gasteiger partial charge on any atom is -0.205 e. The second-order valence-corrected chi connectivity index (χ2v) is 3.81. The maximum Gasteiger partial charge on any atom is 0.141 e. The zero-order valence-corrected chi connectivity index (χ0v) is 7.78. The molecule has 1 aromatic carbocycles. The van der Waals surface area contributed by atoms with Gasteiger partial charge < -0.3 is 0 Å². The Balaban J connectivity index is 2.94. The first-order valence-electron chi connectivity index (χ1n) is 3.81. The number of rotatable bonds is 0. The molecule has 13 heavy (non-hydrogen) atoms. The number of aryl methyl sites for hydroxylation is 1. The van der Waals surface area contributed by atoms with Crippen molar-refractivity contribution in [1.29, 1.82) is 5.26 Å². The van der Waals surface area contributed by atoms with E-state index in [1.54, 1.807) is 6.07 Å². The maximum absolute atomic E-state index is 13.2. The van der Waals surface area contributed by atoms with Gasteiger partial charge in [0.25, 0.3) is 0 Å². The van der Waals surface area contributed by atoms with Gasteiger partial charge >= 0.3 is 0 Å². The molecule has 0 spiro atoms. The van der Waals surface area contributed by atoms with Crippen molar-refractivity contribution in [3.63, 3.8) is 0 Å². The molecule has 2 rings (SSSR count). The molecule has 0 saturated carbocycles. The van der Waals surface area contributed by atoms with Crippen LogP contribution in [0, 0.1) is 24.1 Å². The highest BCUT2D eigenvalue weighted by atomic mass is 32.1. The van der Waals surface area contributed by atoms with Gasteiger partial charge in [0.2, 0.25) is 0 Å². The summed E-state index contributed by atoms with van der Waals surface area (Å²) in [6, 6.07) is 6.98. The Bertz CT molecular complexity index is 507. The molecule has 1 nitrogen and oxygen atoms in total. The van der Waals surface area contributed by atoms with E-state index in [4.69, 9.17) is 5.26 Å². The predicted octanol–water partition coefficient (Wildman–Crippen LogP) is 3.22. The molecule has 3 heteroatoms.